The highest BCUT2D eigenvalue weighted by Crippen LogP contribution is 2.26. The number of nitrogen functional groups attached to an aromatic ring is 1. The zero-order chi connectivity index (χ0) is 13.1. The Morgan fingerprint density at radius 1 is 1.11 bits per heavy atom. The molecule has 0 unspecified atom stereocenters. The van der Waals surface area contributed by atoms with Gasteiger partial charge in [-0.15, -0.1) is 0 Å². The summed E-state index contributed by atoms with van der Waals surface area (Å²) in [6.45, 7) is 1.86. The molecule has 0 aliphatic rings. The van der Waals surface area contributed by atoms with Crippen LogP contribution in [0.25, 0.3) is 0 Å². The lowest BCUT2D eigenvalue weighted by Crippen LogP contribution is -2.10. The number of carbonyl (C=O) groups excluding carboxylic acids is 1. The van der Waals surface area contributed by atoms with Crippen LogP contribution in [0.2, 0.25) is 0 Å². The SMILES string of the molecule is Cc1cc(C(N)=O)ccc1Oc1ccc(N)cc1. The maximum Gasteiger partial charge on any atom is 0.248 e. The van der Waals surface area contributed by atoms with Crippen molar-refractivity contribution < 1.29 is 9.53 Å². The van der Waals surface area contributed by atoms with Gasteiger partial charge in [0.15, 0.2) is 0 Å². The summed E-state index contributed by atoms with van der Waals surface area (Å²) >= 11 is 0. The largest absolute Gasteiger partial charge is 0.457 e. The fourth-order valence-electron chi connectivity index (χ4n) is 1.58. The number of hydrogen-bond acceptors (Lipinski definition) is 3. The normalized spacial score (nSPS) is 10.1. The number of hydrogen-bond donors (Lipinski definition) is 2. The second kappa shape index (κ2) is 4.79. The first-order valence-corrected chi connectivity index (χ1v) is 5.50. The number of amides is 1. The van der Waals surface area contributed by atoms with Crippen molar-refractivity contribution >= 4 is 11.6 Å². The van der Waals surface area contributed by atoms with Gasteiger partial charge in [0, 0.05) is 11.3 Å². The lowest BCUT2D eigenvalue weighted by atomic mass is 10.1. The molecule has 0 spiro atoms. The Balaban J connectivity index is 2.24. The van der Waals surface area contributed by atoms with Crippen LogP contribution in [-0.2, 0) is 0 Å². The highest BCUT2D eigenvalue weighted by atomic mass is 16.5. The Morgan fingerprint density at radius 3 is 2.33 bits per heavy atom. The first-order chi connectivity index (χ1) is 8.56. The predicted molar refractivity (Wildman–Crippen MR) is 70.6 cm³/mol. The van der Waals surface area contributed by atoms with Gasteiger partial charge >= 0.3 is 0 Å². The average Bonchev–Trinajstić information content (AvgIpc) is 2.34. The van der Waals surface area contributed by atoms with E-state index in [1.165, 1.54) is 0 Å². The molecule has 92 valence electrons. The van der Waals surface area contributed by atoms with Crippen molar-refractivity contribution in [2.24, 2.45) is 5.73 Å². The van der Waals surface area contributed by atoms with Crippen LogP contribution in [0, 0.1) is 6.92 Å². The lowest BCUT2D eigenvalue weighted by Gasteiger charge is -2.09. The van der Waals surface area contributed by atoms with Crippen LogP contribution < -0.4 is 16.2 Å². The highest BCUT2D eigenvalue weighted by Gasteiger charge is 2.05. The molecule has 0 saturated heterocycles. The van der Waals surface area contributed by atoms with Crippen molar-refractivity contribution in [1.29, 1.82) is 0 Å². The van der Waals surface area contributed by atoms with Crippen molar-refractivity contribution in [3.05, 3.63) is 53.6 Å². The van der Waals surface area contributed by atoms with E-state index in [0.717, 1.165) is 5.56 Å². The zero-order valence-corrected chi connectivity index (χ0v) is 10.0. The van der Waals surface area contributed by atoms with Gasteiger partial charge in [0.25, 0.3) is 0 Å². The summed E-state index contributed by atoms with van der Waals surface area (Å²) in [7, 11) is 0. The molecule has 18 heavy (non-hydrogen) atoms. The molecule has 0 aliphatic heterocycles. The number of aryl methyl sites for hydroxylation is 1. The van der Waals surface area contributed by atoms with Crippen LogP contribution >= 0.6 is 0 Å². The van der Waals surface area contributed by atoms with Crippen molar-refractivity contribution in [1.82, 2.24) is 0 Å². The van der Waals surface area contributed by atoms with Gasteiger partial charge in [0.1, 0.15) is 11.5 Å². The molecule has 2 rings (SSSR count). The van der Waals surface area contributed by atoms with Crippen molar-refractivity contribution in [2.45, 2.75) is 6.92 Å². The van der Waals surface area contributed by atoms with E-state index < -0.39 is 5.91 Å². The second-order valence-corrected chi connectivity index (χ2v) is 4.02. The van der Waals surface area contributed by atoms with Crippen molar-refractivity contribution in [3.63, 3.8) is 0 Å². The highest BCUT2D eigenvalue weighted by molar-refractivity contribution is 5.93. The first-order valence-electron chi connectivity index (χ1n) is 5.50. The molecule has 4 N–H and O–H groups in total. The number of anilines is 1. The summed E-state index contributed by atoms with van der Waals surface area (Å²) in [6, 6.07) is 12.2. The summed E-state index contributed by atoms with van der Waals surface area (Å²) in [5.41, 5.74) is 12.8. The van der Waals surface area contributed by atoms with Gasteiger partial charge in [-0.1, -0.05) is 0 Å². The van der Waals surface area contributed by atoms with Gasteiger partial charge in [0.2, 0.25) is 5.91 Å². The number of nitrogens with two attached hydrogens (primary N) is 2. The van der Waals surface area contributed by atoms with Crippen molar-refractivity contribution in [3.8, 4) is 11.5 Å². The number of ether oxygens (including phenoxy) is 1. The van der Waals surface area contributed by atoms with Crippen LogP contribution in [0.5, 0.6) is 11.5 Å². The van der Waals surface area contributed by atoms with E-state index in [2.05, 4.69) is 0 Å². The van der Waals surface area contributed by atoms with E-state index in [-0.39, 0.29) is 0 Å². The molecule has 0 saturated carbocycles. The maximum atomic E-state index is 11.0. The van der Waals surface area contributed by atoms with E-state index in [9.17, 15) is 4.79 Å². The van der Waals surface area contributed by atoms with Crippen LogP contribution in [0.4, 0.5) is 5.69 Å². The van der Waals surface area contributed by atoms with Crippen LogP contribution in [0.15, 0.2) is 42.5 Å². The number of carbonyl (C=O) groups is 1. The first kappa shape index (κ1) is 12.0. The molecule has 0 atom stereocenters. The minimum absolute atomic E-state index is 0.447. The smallest absolute Gasteiger partial charge is 0.248 e. The fraction of sp³-hybridized carbons (Fsp3) is 0.0714. The number of rotatable bonds is 3. The minimum atomic E-state index is -0.447. The molecular formula is C14H14N2O2. The molecule has 0 aromatic heterocycles. The average molecular weight is 242 g/mol. The van der Waals surface area contributed by atoms with Gasteiger partial charge in [-0.05, 0) is 55.0 Å². The Labute approximate surface area is 105 Å². The summed E-state index contributed by atoms with van der Waals surface area (Å²) in [5, 5.41) is 0. The maximum absolute atomic E-state index is 11.0. The molecule has 1 amide bonds. The van der Waals surface area contributed by atoms with E-state index >= 15 is 0 Å². The number of benzene rings is 2. The predicted octanol–water partition coefficient (Wildman–Crippen LogP) is 2.47. The Bertz CT molecular complexity index is 577. The molecule has 0 radical (unpaired) electrons. The molecule has 2 aromatic carbocycles. The Morgan fingerprint density at radius 2 is 1.78 bits per heavy atom. The Kier molecular flexibility index (Phi) is 3.19. The third-order valence-electron chi connectivity index (χ3n) is 2.57. The number of primary amides is 1. The summed E-state index contributed by atoms with van der Waals surface area (Å²) in [4.78, 5) is 11.0. The molecule has 2 aromatic rings. The molecule has 4 nitrogen and oxygen atoms in total. The van der Waals surface area contributed by atoms with Crippen molar-refractivity contribution in [2.75, 3.05) is 5.73 Å². The Hall–Kier alpha value is -2.49. The van der Waals surface area contributed by atoms with Gasteiger partial charge in [-0.2, -0.15) is 0 Å². The monoisotopic (exact) mass is 242 g/mol. The molecule has 0 fully saturated rings. The van der Waals surface area contributed by atoms with E-state index in [4.69, 9.17) is 16.2 Å². The quantitative estimate of drug-likeness (QED) is 0.811. The van der Waals surface area contributed by atoms with Crippen LogP contribution in [0.3, 0.4) is 0 Å². The third-order valence-corrected chi connectivity index (χ3v) is 2.57. The fourth-order valence-corrected chi connectivity index (χ4v) is 1.58. The second-order valence-electron chi connectivity index (χ2n) is 4.02. The summed E-state index contributed by atoms with van der Waals surface area (Å²) in [5.74, 6) is 0.932. The van der Waals surface area contributed by atoms with E-state index in [0.29, 0.717) is 22.7 Å². The molecular weight excluding hydrogens is 228 g/mol. The van der Waals surface area contributed by atoms with Gasteiger partial charge < -0.3 is 16.2 Å². The third kappa shape index (κ3) is 2.60. The van der Waals surface area contributed by atoms with E-state index in [1.54, 1.807) is 42.5 Å². The summed E-state index contributed by atoms with van der Waals surface area (Å²) in [6.07, 6.45) is 0. The van der Waals surface area contributed by atoms with Gasteiger partial charge in [0.05, 0.1) is 0 Å². The van der Waals surface area contributed by atoms with Gasteiger partial charge in [-0.3, -0.25) is 4.79 Å². The van der Waals surface area contributed by atoms with Gasteiger partial charge in [-0.25, -0.2) is 0 Å². The standard InChI is InChI=1S/C14H14N2O2/c1-9-8-10(14(16)17)2-7-13(9)18-12-5-3-11(15)4-6-12/h2-8H,15H2,1H3,(H2,16,17). The topological polar surface area (TPSA) is 78.3 Å². The van der Waals surface area contributed by atoms with Crippen LogP contribution in [0.1, 0.15) is 15.9 Å². The molecule has 0 bridgehead atoms. The lowest BCUT2D eigenvalue weighted by molar-refractivity contribution is 0.1000. The molecule has 4 heteroatoms. The van der Waals surface area contributed by atoms with E-state index in [1.807, 2.05) is 6.92 Å². The molecule has 0 aliphatic carbocycles. The van der Waals surface area contributed by atoms with Crippen LogP contribution in [-0.4, -0.2) is 5.91 Å². The zero-order valence-electron chi connectivity index (χ0n) is 10.0. The molecule has 0 heterocycles. The summed E-state index contributed by atoms with van der Waals surface area (Å²) < 4.78 is 5.69. The minimum Gasteiger partial charge on any atom is -0.457 e.